The standard InChI is InChI=1S/C17H24N2O2/c1-2-13-5-7-14(8-6-13)17(20)18-10-16-11-19-9-3-4-15(19)12-21-16/h5-8,15-16H,2-4,9-12H2,1H3,(H,18,20)/t15-,16+/m1/s1. The van der Waals surface area contributed by atoms with E-state index in [1.54, 1.807) is 0 Å². The Bertz CT molecular complexity index is 486. The first-order valence-corrected chi connectivity index (χ1v) is 7.99. The fourth-order valence-electron chi connectivity index (χ4n) is 3.21. The smallest absolute Gasteiger partial charge is 0.251 e. The van der Waals surface area contributed by atoms with Crippen molar-refractivity contribution in [2.45, 2.75) is 38.3 Å². The zero-order valence-electron chi connectivity index (χ0n) is 12.7. The Kier molecular flexibility index (Phi) is 4.56. The molecule has 1 aromatic rings. The van der Waals surface area contributed by atoms with Gasteiger partial charge in [0, 0.05) is 24.7 Å². The van der Waals surface area contributed by atoms with E-state index in [0.717, 1.165) is 25.1 Å². The summed E-state index contributed by atoms with van der Waals surface area (Å²) >= 11 is 0. The highest BCUT2D eigenvalue weighted by molar-refractivity contribution is 5.94. The first kappa shape index (κ1) is 14.5. The van der Waals surface area contributed by atoms with Crippen molar-refractivity contribution < 1.29 is 9.53 Å². The van der Waals surface area contributed by atoms with Crippen molar-refractivity contribution in [2.24, 2.45) is 0 Å². The van der Waals surface area contributed by atoms with Crippen molar-refractivity contribution in [1.29, 1.82) is 0 Å². The predicted octanol–water partition coefficient (Wildman–Crippen LogP) is 1.84. The van der Waals surface area contributed by atoms with Crippen LogP contribution in [0.2, 0.25) is 0 Å². The maximum absolute atomic E-state index is 12.1. The summed E-state index contributed by atoms with van der Waals surface area (Å²) < 4.78 is 5.86. The molecule has 114 valence electrons. The van der Waals surface area contributed by atoms with Gasteiger partial charge in [-0.1, -0.05) is 19.1 Å². The minimum absolute atomic E-state index is 0.00945. The predicted molar refractivity (Wildman–Crippen MR) is 82.5 cm³/mol. The fraction of sp³-hybridized carbons (Fsp3) is 0.588. The number of carbonyl (C=O) groups excluding carboxylic acids is 1. The van der Waals surface area contributed by atoms with E-state index in [4.69, 9.17) is 4.74 Å². The molecule has 0 aromatic heterocycles. The van der Waals surface area contributed by atoms with Crippen LogP contribution in [-0.4, -0.2) is 49.2 Å². The molecule has 4 heteroatoms. The molecular formula is C17H24N2O2. The van der Waals surface area contributed by atoms with Gasteiger partial charge in [0.1, 0.15) is 0 Å². The lowest BCUT2D eigenvalue weighted by Gasteiger charge is -2.35. The monoisotopic (exact) mass is 288 g/mol. The molecule has 1 N–H and O–H groups in total. The van der Waals surface area contributed by atoms with Gasteiger partial charge in [-0.05, 0) is 43.5 Å². The molecule has 0 spiro atoms. The topological polar surface area (TPSA) is 41.6 Å². The number of hydrogen-bond donors (Lipinski definition) is 1. The van der Waals surface area contributed by atoms with E-state index in [-0.39, 0.29) is 12.0 Å². The molecule has 0 radical (unpaired) electrons. The number of nitrogens with zero attached hydrogens (tertiary/aromatic N) is 1. The second-order valence-electron chi connectivity index (χ2n) is 6.01. The van der Waals surface area contributed by atoms with Crippen LogP contribution in [0.4, 0.5) is 0 Å². The number of rotatable bonds is 4. The summed E-state index contributed by atoms with van der Waals surface area (Å²) in [6, 6.07) is 8.43. The molecule has 1 amide bonds. The normalized spacial score (nSPS) is 25.6. The Balaban J connectivity index is 1.49. The van der Waals surface area contributed by atoms with Crippen LogP contribution in [0, 0.1) is 0 Å². The Morgan fingerprint density at radius 2 is 2.19 bits per heavy atom. The van der Waals surface area contributed by atoms with Crippen molar-refractivity contribution in [2.75, 3.05) is 26.2 Å². The molecule has 1 aromatic carbocycles. The molecule has 2 saturated heterocycles. The number of aryl methyl sites for hydroxylation is 1. The lowest BCUT2D eigenvalue weighted by atomic mass is 10.1. The van der Waals surface area contributed by atoms with Crippen LogP contribution in [0.3, 0.4) is 0 Å². The molecule has 3 rings (SSSR count). The first-order valence-electron chi connectivity index (χ1n) is 7.99. The molecule has 0 unspecified atom stereocenters. The van der Waals surface area contributed by atoms with Crippen LogP contribution >= 0.6 is 0 Å². The van der Waals surface area contributed by atoms with Gasteiger partial charge in [-0.2, -0.15) is 0 Å². The largest absolute Gasteiger partial charge is 0.373 e. The first-order chi connectivity index (χ1) is 10.3. The van der Waals surface area contributed by atoms with Crippen LogP contribution < -0.4 is 5.32 Å². The number of hydrogen-bond acceptors (Lipinski definition) is 3. The molecule has 0 aliphatic carbocycles. The molecular weight excluding hydrogens is 264 g/mol. The van der Waals surface area contributed by atoms with Gasteiger partial charge in [0.25, 0.3) is 5.91 Å². The Hall–Kier alpha value is -1.39. The average molecular weight is 288 g/mol. The molecule has 2 heterocycles. The highest BCUT2D eigenvalue weighted by atomic mass is 16.5. The van der Waals surface area contributed by atoms with Crippen molar-refractivity contribution in [3.8, 4) is 0 Å². The highest BCUT2D eigenvalue weighted by Crippen LogP contribution is 2.22. The Labute approximate surface area is 126 Å². The molecule has 2 aliphatic heterocycles. The number of nitrogens with one attached hydrogen (secondary N) is 1. The average Bonchev–Trinajstić information content (AvgIpc) is 3.00. The van der Waals surface area contributed by atoms with Crippen LogP contribution in [0.1, 0.15) is 35.7 Å². The molecule has 2 atom stereocenters. The van der Waals surface area contributed by atoms with E-state index >= 15 is 0 Å². The molecule has 21 heavy (non-hydrogen) atoms. The highest BCUT2D eigenvalue weighted by Gasteiger charge is 2.32. The summed E-state index contributed by atoms with van der Waals surface area (Å²) in [5.41, 5.74) is 1.98. The number of benzene rings is 1. The summed E-state index contributed by atoms with van der Waals surface area (Å²) in [5.74, 6) is -0.00945. The summed E-state index contributed by atoms with van der Waals surface area (Å²) in [5, 5.41) is 3.00. The molecule has 0 saturated carbocycles. The maximum atomic E-state index is 12.1. The summed E-state index contributed by atoms with van der Waals surface area (Å²) in [6.07, 6.45) is 3.65. The third-order valence-corrected chi connectivity index (χ3v) is 4.58. The van der Waals surface area contributed by atoms with E-state index in [1.165, 1.54) is 24.9 Å². The van der Waals surface area contributed by atoms with Gasteiger partial charge in [0.05, 0.1) is 12.7 Å². The van der Waals surface area contributed by atoms with Gasteiger partial charge in [0.15, 0.2) is 0 Å². The van der Waals surface area contributed by atoms with Crippen LogP contribution in [-0.2, 0) is 11.2 Å². The SMILES string of the molecule is CCc1ccc(C(=O)NC[C@H]2CN3CCC[C@@H]3CO2)cc1. The maximum Gasteiger partial charge on any atom is 0.251 e. The molecule has 0 bridgehead atoms. The van der Waals surface area contributed by atoms with Gasteiger partial charge < -0.3 is 10.1 Å². The summed E-state index contributed by atoms with van der Waals surface area (Å²) in [4.78, 5) is 14.6. The van der Waals surface area contributed by atoms with Crippen LogP contribution in [0.5, 0.6) is 0 Å². The van der Waals surface area contributed by atoms with E-state index in [2.05, 4.69) is 17.1 Å². The minimum Gasteiger partial charge on any atom is -0.373 e. The quantitative estimate of drug-likeness (QED) is 0.919. The lowest BCUT2D eigenvalue weighted by Crippen LogP contribution is -2.50. The lowest BCUT2D eigenvalue weighted by molar-refractivity contribution is -0.0461. The second-order valence-corrected chi connectivity index (χ2v) is 6.01. The van der Waals surface area contributed by atoms with E-state index < -0.39 is 0 Å². The second kappa shape index (κ2) is 6.58. The number of carbonyl (C=O) groups is 1. The number of amides is 1. The van der Waals surface area contributed by atoms with Crippen LogP contribution in [0.25, 0.3) is 0 Å². The molecule has 2 aliphatic rings. The third-order valence-electron chi connectivity index (χ3n) is 4.58. The van der Waals surface area contributed by atoms with Gasteiger partial charge >= 0.3 is 0 Å². The van der Waals surface area contributed by atoms with Crippen molar-refractivity contribution in [3.63, 3.8) is 0 Å². The van der Waals surface area contributed by atoms with Crippen LogP contribution in [0.15, 0.2) is 24.3 Å². The zero-order chi connectivity index (χ0) is 14.7. The van der Waals surface area contributed by atoms with Crippen molar-refractivity contribution in [1.82, 2.24) is 10.2 Å². The van der Waals surface area contributed by atoms with Crippen molar-refractivity contribution in [3.05, 3.63) is 35.4 Å². The summed E-state index contributed by atoms with van der Waals surface area (Å²) in [6.45, 7) is 5.64. The van der Waals surface area contributed by atoms with Gasteiger partial charge in [-0.3, -0.25) is 9.69 Å². The molecule has 2 fully saturated rings. The van der Waals surface area contributed by atoms with E-state index in [9.17, 15) is 4.79 Å². The molecule has 4 nitrogen and oxygen atoms in total. The van der Waals surface area contributed by atoms with Gasteiger partial charge in [-0.25, -0.2) is 0 Å². The minimum atomic E-state index is -0.00945. The van der Waals surface area contributed by atoms with E-state index in [1.807, 2.05) is 24.3 Å². The van der Waals surface area contributed by atoms with Gasteiger partial charge in [-0.15, -0.1) is 0 Å². The third kappa shape index (κ3) is 3.44. The van der Waals surface area contributed by atoms with Crippen molar-refractivity contribution >= 4 is 5.91 Å². The Morgan fingerprint density at radius 1 is 1.38 bits per heavy atom. The zero-order valence-corrected chi connectivity index (χ0v) is 12.7. The fourth-order valence-corrected chi connectivity index (χ4v) is 3.21. The van der Waals surface area contributed by atoms with E-state index in [0.29, 0.717) is 12.6 Å². The number of morpholine rings is 1. The number of ether oxygens (including phenoxy) is 1. The number of fused-ring (bicyclic) bond motifs is 1. The van der Waals surface area contributed by atoms with Gasteiger partial charge in [0.2, 0.25) is 0 Å². The summed E-state index contributed by atoms with van der Waals surface area (Å²) in [7, 11) is 0. The Morgan fingerprint density at radius 3 is 2.95 bits per heavy atom.